The molecule has 0 saturated heterocycles. The quantitative estimate of drug-likeness (QED) is 0.345. The molecule has 0 spiro atoms. The third-order valence-electron chi connectivity index (χ3n) is 1.79. The van der Waals surface area contributed by atoms with Crippen molar-refractivity contribution < 1.29 is 14.9 Å². The Hall–Kier alpha value is -0.610. The molecule has 0 amide bonds. The zero-order valence-corrected chi connectivity index (χ0v) is 8.21. The summed E-state index contributed by atoms with van der Waals surface area (Å²) in [4.78, 5) is 14.0. The highest BCUT2D eigenvalue weighted by Crippen LogP contribution is 1.95. The van der Waals surface area contributed by atoms with Crippen molar-refractivity contribution in [2.24, 2.45) is 0 Å². The van der Waals surface area contributed by atoms with Gasteiger partial charge >= 0.3 is 5.97 Å². The van der Waals surface area contributed by atoms with Crippen molar-refractivity contribution in [1.82, 2.24) is 5.32 Å². The van der Waals surface area contributed by atoms with Gasteiger partial charge in [0.1, 0.15) is 0 Å². The summed E-state index contributed by atoms with van der Waals surface area (Å²) in [7, 11) is 0. The Morgan fingerprint density at radius 3 is 2.62 bits per heavy atom. The predicted molar refractivity (Wildman–Crippen MR) is 50.3 cm³/mol. The van der Waals surface area contributed by atoms with Gasteiger partial charge in [0.25, 0.3) is 0 Å². The first-order chi connectivity index (χ1) is 6.31. The molecule has 0 aromatic rings. The molecular formula is C9H19NO3. The van der Waals surface area contributed by atoms with Crippen LogP contribution in [0.5, 0.6) is 0 Å². The van der Waals surface area contributed by atoms with Crippen molar-refractivity contribution >= 4 is 5.97 Å². The molecule has 4 nitrogen and oxygen atoms in total. The molecule has 0 aliphatic heterocycles. The summed E-state index contributed by atoms with van der Waals surface area (Å²) in [5, 5.41) is 11.2. The van der Waals surface area contributed by atoms with Gasteiger partial charge in [-0.25, -0.2) is 4.79 Å². The molecule has 2 N–H and O–H groups in total. The van der Waals surface area contributed by atoms with Crippen LogP contribution in [-0.4, -0.2) is 24.3 Å². The van der Waals surface area contributed by atoms with E-state index in [0.717, 1.165) is 25.9 Å². The van der Waals surface area contributed by atoms with Gasteiger partial charge in [-0.15, -0.1) is 0 Å². The van der Waals surface area contributed by atoms with E-state index in [1.54, 1.807) is 0 Å². The van der Waals surface area contributed by atoms with Crippen LogP contribution in [0.25, 0.3) is 0 Å². The number of nitrogens with one attached hydrogen (secondary N) is 1. The molecule has 0 aliphatic rings. The number of hydrogen-bond donors (Lipinski definition) is 2. The highest BCUT2D eigenvalue weighted by molar-refractivity contribution is 5.68. The van der Waals surface area contributed by atoms with Crippen LogP contribution in [0.4, 0.5) is 0 Å². The summed E-state index contributed by atoms with van der Waals surface area (Å²) in [5.41, 5.74) is 0. The maximum absolute atomic E-state index is 10.5. The lowest BCUT2D eigenvalue weighted by molar-refractivity contribution is -0.234. The molecule has 0 heterocycles. The lowest BCUT2D eigenvalue weighted by atomic mass is 10.2. The zero-order chi connectivity index (χ0) is 9.94. The predicted octanol–water partition coefficient (Wildman–Crippen LogP) is 1.56. The molecule has 78 valence electrons. The summed E-state index contributed by atoms with van der Waals surface area (Å²) in [6.07, 6.45) is 4.39. The minimum Gasteiger partial charge on any atom is -0.317 e. The van der Waals surface area contributed by atoms with Crippen LogP contribution in [0.1, 0.15) is 39.0 Å². The van der Waals surface area contributed by atoms with E-state index < -0.39 is 5.97 Å². The fourth-order valence-corrected chi connectivity index (χ4v) is 0.992. The Balaban J connectivity index is 2.95. The van der Waals surface area contributed by atoms with Crippen LogP contribution in [0, 0.1) is 0 Å². The van der Waals surface area contributed by atoms with Crippen molar-refractivity contribution in [1.29, 1.82) is 0 Å². The van der Waals surface area contributed by atoms with E-state index in [1.807, 2.05) is 0 Å². The number of carbonyl (C=O) groups excluding carboxylic acids is 1. The van der Waals surface area contributed by atoms with Crippen molar-refractivity contribution in [3.63, 3.8) is 0 Å². The van der Waals surface area contributed by atoms with Crippen LogP contribution in [0.15, 0.2) is 0 Å². The molecule has 4 heteroatoms. The maximum Gasteiger partial charge on any atom is 0.342 e. The Bertz CT molecular complexity index is 128. The smallest absolute Gasteiger partial charge is 0.317 e. The van der Waals surface area contributed by atoms with E-state index in [0.29, 0.717) is 6.42 Å². The Kier molecular flexibility index (Phi) is 9.03. The first-order valence-corrected chi connectivity index (χ1v) is 4.86. The number of rotatable bonds is 8. The average Bonchev–Trinajstić information content (AvgIpc) is 2.16. The summed E-state index contributed by atoms with van der Waals surface area (Å²) >= 11 is 0. The van der Waals surface area contributed by atoms with Crippen molar-refractivity contribution in [3.8, 4) is 0 Å². The molecule has 13 heavy (non-hydrogen) atoms. The highest BCUT2D eigenvalue weighted by Gasteiger charge is 1.99. The Labute approximate surface area is 79.2 Å². The molecule has 0 atom stereocenters. The molecule has 0 aromatic carbocycles. The first kappa shape index (κ1) is 12.4. The van der Waals surface area contributed by atoms with Gasteiger partial charge in [-0.2, -0.15) is 5.26 Å². The lowest BCUT2D eigenvalue weighted by Crippen LogP contribution is -2.16. The van der Waals surface area contributed by atoms with Crippen LogP contribution < -0.4 is 5.32 Å². The zero-order valence-electron chi connectivity index (χ0n) is 8.21. The number of unbranched alkanes of at least 4 members (excludes halogenated alkanes) is 2. The molecule has 0 radical (unpaired) electrons. The molecule has 0 saturated carbocycles. The number of hydrogen-bond acceptors (Lipinski definition) is 4. The van der Waals surface area contributed by atoms with Crippen molar-refractivity contribution in [2.45, 2.75) is 39.0 Å². The van der Waals surface area contributed by atoms with E-state index in [2.05, 4.69) is 17.1 Å². The summed E-state index contributed by atoms with van der Waals surface area (Å²) in [6.45, 7) is 4.12. The monoisotopic (exact) mass is 189 g/mol. The maximum atomic E-state index is 10.5. The van der Waals surface area contributed by atoms with Crippen LogP contribution in [-0.2, 0) is 9.68 Å². The molecule has 0 fully saturated rings. The van der Waals surface area contributed by atoms with Crippen LogP contribution in [0.3, 0.4) is 0 Å². The fourth-order valence-electron chi connectivity index (χ4n) is 0.992. The highest BCUT2D eigenvalue weighted by atomic mass is 17.1. The van der Waals surface area contributed by atoms with E-state index in [4.69, 9.17) is 5.26 Å². The second kappa shape index (κ2) is 9.48. The van der Waals surface area contributed by atoms with Gasteiger partial charge in [-0.3, -0.25) is 0 Å². The number of carbonyl (C=O) groups is 1. The third kappa shape index (κ3) is 9.30. The SMILES string of the molecule is CCCCNCCCCC(=O)OO. The lowest BCUT2D eigenvalue weighted by Gasteiger charge is -2.02. The summed E-state index contributed by atoms with van der Waals surface area (Å²) < 4.78 is 0. The minimum atomic E-state index is -0.548. The average molecular weight is 189 g/mol. The molecule has 0 aliphatic carbocycles. The molecule has 0 aromatic heterocycles. The molecule has 0 unspecified atom stereocenters. The standard InChI is InChI=1S/C9H19NO3/c1-2-3-7-10-8-5-4-6-9(11)13-12/h10,12H,2-8H2,1H3. The van der Waals surface area contributed by atoms with Gasteiger partial charge in [0.2, 0.25) is 0 Å². The summed E-state index contributed by atoms with van der Waals surface area (Å²) in [6, 6.07) is 0. The van der Waals surface area contributed by atoms with E-state index in [9.17, 15) is 4.79 Å². The minimum absolute atomic E-state index is 0.298. The topological polar surface area (TPSA) is 58.6 Å². The van der Waals surface area contributed by atoms with Gasteiger partial charge in [-0.05, 0) is 32.4 Å². The van der Waals surface area contributed by atoms with Gasteiger partial charge < -0.3 is 10.2 Å². The molecule has 0 bridgehead atoms. The van der Waals surface area contributed by atoms with Gasteiger partial charge in [0.15, 0.2) is 0 Å². The second-order valence-electron chi connectivity index (χ2n) is 3.02. The second-order valence-corrected chi connectivity index (χ2v) is 3.02. The van der Waals surface area contributed by atoms with Gasteiger partial charge in [-0.1, -0.05) is 13.3 Å². The van der Waals surface area contributed by atoms with E-state index >= 15 is 0 Å². The first-order valence-electron chi connectivity index (χ1n) is 4.86. The third-order valence-corrected chi connectivity index (χ3v) is 1.79. The van der Waals surface area contributed by atoms with Gasteiger partial charge in [0.05, 0.1) is 0 Å². The summed E-state index contributed by atoms with van der Waals surface area (Å²) in [5.74, 6) is -0.548. The van der Waals surface area contributed by atoms with E-state index in [1.165, 1.54) is 12.8 Å². The molecule has 0 rings (SSSR count). The normalized spacial score (nSPS) is 10.0. The van der Waals surface area contributed by atoms with Crippen molar-refractivity contribution in [2.75, 3.05) is 13.1 Å². The van der Waals surface area contributed by atoms with Crippen LogP contribution >= 0.6 is 0 Å². The van der Waals surface area contributed by atoms with Crippen LogP contribution in [0.2, 0.25) is 0 Å². The largest absolute Gasteiger partial charge is 0.342 e. The Morgan fingerprint density at radius 2 is 2.00 bits per heavy atom. The molecular weight excluding hydrogens is 170 g/mol. The van der Waals surface area contributed by atoms with E-state index in [-0.39, 0.29) is 0 Å². The Morgan fingerprint density at radius 1 is 1.31 bits per heavy atom. The van der Waals surface area contributed by atoms with Gasteiger partial charge in [0, 0.05) is 6.42 Å². The van der Waals surface area contributed by atoms with Crippen molar-refractivity contribution in [3.05, 3.63) is 0 Å². The fraction of sp³-hybridized carbons (Fsp3) is 0.889.